The molecular formula is C12H18N6O. The second-order valence-corrected chi connectivity index (χ2v) is 4.55. The number of amides is 1. The molecule has 0 fully saturated rings. The van der Waals surface area contributed by atoms with Gasteiger partial charge in [0.25, 0.3) is 0 Å². The zero-order valence-electron chi connectivity index (χ0n) is 11.3. The van der Waals surface area contributed by atoms with Crippen LogP contribution in [0.4, 0.5) is 0 Å². The van der Waals surface area contributed by atoms with Gasteiger partial charge in [-0.05, 0) is 20.8 Å². The lowest BCUT2D eigenvalue weighted by molar-refractivity contribution is -0.122. The van der Waals surface area contributed by atoms with E-state index in [2.05, 4.69) is 25.6 Å². The van der Waals surface area contributed by atoms with Gasteiger partial charge in [0.05, 0.1) is 18.3 Å². The first kappa shape index (κ1) is 13.3. The molecule has 0 aliphatic heterocycles. The predicted molar refractivity (Wildman–Crippen MR) is 69.3 cm³/mol. The van der Waals surface area contributed by atoms with Crippen molar-refractivity contribution in [3.05, 3.63) is 29.6 Å². The SMILES string of the molecule is Cc1n[nH]c(C)c1C(C)NC(=O)CCn1cncn1. The van der Waals surface area contributed by atoms with Gasteiger partial charge in [0.1, 0.15) is 12.7 Å². The van der Waals surface area contributed by atoms with E-state index in [1.807, 2.05) is 20.8 Å². The molecule has 0 spiro atoms. The third-order valence-electron chi connectivity index (χ3n) is 3.03. The molecule has 0 bridgehead atoms. The maximum Gasteiger partial charge on any atom is 0.222 e. The lowest BCUT2D eigenvalue weighted by Gasteiger charge is -2.14. The van der Waals surface area contributed by atoms with Crippen molar-refractivity contribution in [2.45, 2.75) is 39.8 Å². The van der Waals surface area contributed by atoms with Crippen molar-refractivity contribution in [2.75, 3.05) is 0 Å². The molecule has 2 aromatic rings. The summed E-state index contributed by atoms with van der Waals surface area (Å²) in [6, 6.07) is -0.0537. The Labute approximate surface area is 111 Å². The fourth-order valence-electron chi connectivity index (χ4n) is 2.15. The number of aromatic nitrogens is 5. The summed E-state index contributed by atoms with van der Waals surface area (Å²) < 4.78 is 1.64. The van der Waals surface area contributed by atoms with Gasteiger partial charge in [-0.3, -0.25) is 14.6 Å². The first-order valence-corrected chi connectivity index (χ1v) is 6.21. The van der Waals surface area contributed by atoms with Crippen LogP contribution in [-0.4, -0.2) is 30.9 Å². The minimum Gasteiger partial charge on any atom is -0.349 e. The maximum atomic E-state index is 11.9. The van der Waals surface area contributed by atoms with E-state index in [4.69, 9.17) is 0 Å². The van der Waals surface area contributed by atoms with Gasteiger partial charge in [0.15, 0.2) is 0 Å². The summed E-state index contributed by atoms with van der Waals surface area (Å²) in [7, 11) is 0. The maximum absolute atomic E-state index is 11.9. The van der Waals surface area contributed by atoms with Gasteiger partial charge in [-0.1, -0.05) is 0 Å². The monoisotopic (exact) mass is 262 g/mol. The first-order valence-electron chi connectivity index (χ1n) is 6.21. The highest BCUT2D eigenvalue weighted by Crippen LogP contribution is 2.18. The molecule has 0 aliphatic carbocycles. The third kappa shape index (κ3) is 3.18. The highest BCUT2D eigenvalue weighted by atomic mass is 16.1. The second kappa shape index (κ2) is 5.64. The number of rotatable bonds is 5. The molecular weight excluding hydrogens is 244 g/mol. The number of hydrogen-bond acceptors (Lipinski definition) is 4. The normalized spacial score (nSPS) is 12.4. The molecule has 0 radical (unpaired) electrons. The van der Waals surface area contributed by atoms with E-state index in [-0.39, 0.29) is 11.9 Å². The quantitative estimate of drug-likeness (QED) is 0.837. The summed E-state index contributed by atoms with van der Waals surface area (Å²) in [6.45, 7) is 6.37. The summed E-state index contributed by atoms with van der Waals surface area (Å²) in [5.74, 6) is -0.0111. The Morgan fingerprint density at radius 2 is 2.32 bits per heavy atom. The molecule has 0 aliphatic rings. The standard InChI is InChI=1S/C12H18N6O/c1-8(12-9(2)16-17-10(12)3)15-11(19)4-5-18-7-13-6-14-18/h6-8H,4-5H2,1-3H3,(H,15,19)(H,16,17). The lowest BCUT2D eigenvalue weighted by atomic mass is 10.1. The van der Waals surface area contributed by atoms with Crippen LogP contribution in [0.15, 0.2) is 12.7 Å². The van der Waals surface area contributed by atoms with Gasteiger partial charge in [0.2, 0.25) is 5.91 Å². The number of hydrogen-bond donors (Lipinski definition) is 2. The Morgan fingerprint density at radius 1 is 1.53 bits per heavy atom. The van der Waals surface area contributed by atoms with Crippen molar-refractivity contribution in [2.24, 2.45) is 0 Å². The van der Waals surface area contributed by atoms with Crippen LogP contribution in [0.5, 0.6) is 0 Å². The van der Waals surface area contributed by atoms with Crippen molar-refractivity contribution in [1.82, 2.24) is 30.3 Å². The van der Waals surface area contributed by atoms with Crippen LogP contribution in [0.1, 0.15) is 36.3 Å². The minimum absolute atomic E-state index is 0.0111. The summed E-state index contributed by atoms with van der Waals surface area (Å²) in [5.41, 5.74) is 2.96. The molecule has 102 valence electrons. The van der Waals surface area contributed by atoms with Crippen molar-refractivity contribution in [3.63, 3.8) is 0 Å². The summed E-state index contributed by atoms with van der Waals surface area (Å²) in [6.07, 6.45) is 3.43. The number of carbonyl (C=O) groups excluding carboxylic acids is 1. The third-order valence-corrected chi connectivity index (χ3v) is 3.03. The van der Waals surface area contributed by atoms with Crippen molar-refractivity contribution >= 4 is 5.91 Å². The molecule has 2 aromatic heterocycles. The molecule has 1 atom stereocenters. The Bertz CT molecular complexity index is 525. The number of nitrogens with one attached hydrogen (secondary N) is 2. The molecule has 1 amide bonds. The average Bonchev–Trinajstić information content (AvgIpc) is 2.97. The highest BCUT2D eigenvalue weighted by molar-refractivity contribution is 5.76. The fourth-order valence-corrected chi connectivity index (χ4v) is 2.15. The van der Waals surface area contributed by atoms with Crippen molar-refractivity contribution in [3.8, 4) is 0 Å². The van der Waals surface area contributed by atoms with Gasteiger partial charge < -0.3 is 5.32 Å². The van der Waals surface area contributed by atoms with E-state index in [0.29, 0.717) is 13.0 Å². The molecule has 1 unspecified atom stereocenters. The van der Waals surface area contributed by atoms with Crippen LogP contribution < -0.4 is 5.32 Å². The summed E-state index contributed by atoms with van der Waals surface area (Å²) in [5, 5.41) is 14.0. The van der Waals surface area contributed by atoms with Crippen molar-refractivity contribution in [1.29, 1.82) is 0 Å². The average molecular weight is 262 g/mol. The summed E-state index contributed by atoms with van der Waals surface area (Å²) >= 11 is 0. The van der Waals surface area contributed by atoms with Crippen LogP contribution in [-0.2, 0) is 11.3 Å². The fraction of sp³-hybridized carbons (Fsp3) is 0.500. The Balaban J connectivity index is 1.88. The zero-order chi connectivity index (χ0) is 13.8. The van der Waals surface area contributed by atoms with Crippen LogP contribution in [0, 0.1) is 13.8 Å². The number of carbonyl (C=O) groups is 1. The Kier molecular flexibility index (Phi) is 3.94. The van der Waals surface area contributed by atoms with E-state index in [0.717, 1.165) is 17.0 Å². The molecule has 0 saturated carbocycles. The zero-order valence-corrected chi connectivity index (χ0v) is 11.3. The molecule has 2 rings (SSSR count). The molecule has 19 heavy (non-hydrogen) atoms. The molecule has 2 N–H and O–H groups in total. The van der Waals surface area contributed by atoms with Gasteiger partial charge in [-0.2, -0.15) is 10.2 Å². The van der Waals surface area contributed by atoms with Crippen LogP contribution in [0.25, 0.3) is 0 Å². The highest BCUT2D eigenvalue weighted by Gasteiger charge is 2.16. The number of H-pyrrole nitrogens is 1. The molecule has 7 heteroatoms. The Hall–Kier alpha value is -2.18. The second-order valence-electron chi connectivity index (χ2n) is 4.55. The van der Waals surface area contributed by atoms with Crippen LogP contribution in [0.2, 0.25) is 0 Å². The summed E-state index contributed by atoms with van der Waals surface area (Å²) in [4.78, 5) is 15.7. The first-order chi connectivity index (χ1) is 9.08. The van der Waals surface area contributed by atoms with Gasteiger partial charge in [-0.15, -0.1) is 0 Å². The minimum atomic E-state index is -0.0537. The van der Waals surface area contributed by atoms with Crippen molar-refractivity contribution < 1.29 is 4.79 Å². The van der Waals surface area contributed by atoms with E-state index < -0.39 is 0 Å². The van der Waals surface area contributed by atoms with E-state index in [1.165, 1.54) is 6.33 Å². The number of nitrogens with zero attached hydrogens (tertiary/aromatic N) is 4. The largest absolute Gasteiger partial charge is 0.349 e. The van der Waals surface area contributed by atoms with Gasteiger partial charge in [-0.25, -0.2) is 4.98 Å². The lowest BCUT2D eigenvalue weighted by Crippen LogP contribution is -2.28. The topological polar surface area (TPSA) is 88.5 Å². The Morgan fingerprint density at radius 3 is 2.89 bits per heavy atom. The smallest absolute Gasteiger partial charge is 0.222 e. The molecule has 0 aromatic carbocycles. The van der Waals surface area contributed by atoms with Gasteiger partial charge in [0, 0.05) is 17.7 Å². The molecule has 0 saturated heterocycles. The van der Waals surface area contributed by atoms with E-state index in [1.54, 1.807) is 11.0 Å². The van der Waals surface area contributed by atoms with E-state index >= 15 is 0 Å². The predicted octanol–water partition coefficient (Wildman–Crippen LogP) is 0.886. The number of aromatic amines is 1. The molecule has 7 nitrogen and oxygen atoms in total. The number of aryl methyl sites for hydroxylation is 3. The molecule has 2 heterocycles. The van der Waals surface area contributed by atoms with Crippen LogP contribution in [0.3, 0.4) is 0 Å². The van der Waals surface area contributed by atoms with Gasteiger partial charge >= 0.3 is 0 Å². The van der Waals surface area contributed by atoms with Crippen LogP contribution >= 0.6 is 0 Å². The van der Waals surface area contributed by atoms with E-state index in [9.17, 15) is 4.79 Å².